The molecule has 35 heavy (non-hydrogen) atoms. The molecule has 2 heterocycles. The lowest BCUT2D eigenvalue weighted by atomic mass is 10.1. The number of methoxy groups -OCH3 is 1. The van der Waals surface area contributed by atoms with Gasteiger partial charge in [0.2, 0.25) is 5.82 Å². The lowest BCUT2D eigenvalue weighted by molar-refractivity contribution is 0.102. The monoisotopic (exact) mass is 465 g/mol. The minimum absolute atomic E-state index is 0.194. The maximum Gasteiger partial charge on any atom is 0.278 e. The van der Waals surface area contributed by atoms with E-state index in [1.807, 2.05) is 66.2 Å². The van der Waals surface area contributed by atoms with Gasteiger partial charge in [0, 0.05) is 29.6 Å². The summed E-state index contributed by atoms with van der Waals surface area (Å²) in [4.78, 5) is 21.4. The zero-order chi connectivity index (χ0) is 24.2. The summed E-state index contributed by atoms with van der Waals surface area (Å²) in [6.45, 7) is 2.63. The van der Waals surface area contributed by atoms with E-state index in [-0.39, 0.29) is 5.91 Å². The maximum atomic E-state index is 12.5. The first-order chi connectivity index (χ1) is 17.1. The highest BCUT2D eigenvalue weighted by Crippen LogP contribution is 2.22. The van der Waals surface area contributed by atoms with Gasteiger partial charge in [-0.3, -0.25) is 4.79 Å². The summed E-state index contributed by atoms with van der Waals surface area (Å²) in [6.07, 6.45) is 3.59. The number of carbonyl (C=O) groups excluding carboxylic acids is 1. The summed E-state index contributed by atoms with van der Waals surface area (Å²) in [5.74, 6) is 1.35. The largest absolute Gasteiger partial charge is 0.497 e. The van der Waals surface area contributed by atoms with Crippen molar-refractivity contribution in [1.29, 1.82) is 0 Å². The van der Waals surface area contributed by atoms with Gasteiger partial charge in [0.25, 0.3) is 11.8 Å². The highest BCUT2D eigenvalue weighted by atomic mass is 16.5. The van der Waals surface area contributed by atoms with Crippen molar-refractivity contribution in [1.82, 2.24) is 19.7 Å². The van der Waals surface area contributed by atoms with E-state index in [2.05, 4.69) is 20.4 Å². The summed E-state index contributed by atoms with van der Waals surface area (Å²) in [7, 11) is 1.57. The van der Waals surface area contributed by atoms with Crippen molar-refractivity contribution in [3.8, 4) is 28.7 Å². The summed E-state index contributed by atoms with van der Waals surface area (Å²) in [5.41, 5.74) is 4.94. The highest BCUT2D eigenvalue weighted by Gasteiger charge is 2.13. The lowest BCUT2D eigenvalue weighted by Crippen LogP contribution is -2.11. The molecule has 2 aromatic heterocycles. The minimum atomic E-state index is -0.194. The second-order valence-corrected chi connectivity index (χ2v) is 8.11. The molecule has 0 saturated carbocycles. The molecule has 0 aliphatic heterocycles. The average Bonchev–Trinajstić information content (AvgIpc) is 3.55. The molecule has 0 aliphatic carbocycles. The summed E-state index contributed by atoms with van der Waals surface area (Å²) < 4.78 is 12.5. The number of hydrogen-bond acceptors (Lipinski definition) is 6. The Bertz CT molecular complexity index is 1470. The van der Waals surface area contributed by atoms with Crippen LogP contribution < -0.4 is 10.1 Å². The number of nitrogens with one attached hydrogen (secondary N) is 1. The Kier molecular flexibility index (Phi) is 6.09. The maximum absolute atomic E-state index is 12.5. The van der Waals surface area contributed by atoms with Crippen LogP contribution in [0.3, 0.4) is 0 Å². The van der Waals surface area contributed by atoms with Gasteiger partial charge in [-0.15, -0.1) is 0 Å². The van der Waals surface area contributed by atoms with E-state index in [1.165, 1.54) is 0 Å². The fourth-order valence-corrected chi connectivity index (χ4v) is 3.66. The van der Waals surface area contributed by atoms with Crippen LogP contribution in [0.25, 0.3) is 23.0 Å². The van der Waals surface area contributed by atoms with Crippen LogP contribution in [0.1, 0.15) is 21.5 Å². The Morgan fingerprint density at radius 3 is 2.69 bits per heavy atom. The van der Waals surface area contributed by atoms with Gasteiger partial charge in [-0.25, -0.2) is 4.98 Å². The first-order valence-corrected chi connectivity index (χ1v) is 11.0. The van der Waals surface area contributed by atoms with Gasteiger partial charge in [0.15, 0.2) is 0 Å². The quantitative estimate of drug-likeness (QED) is 0.354. The molecule has 3 aromatic carbocycles. The van der Waals surface area contributed by atoms with Crippen molar-refractivity contribution in [2.24, 2.45) is 0 Å². The minimum Gasteiger partial charge on any atom is -0.497 e. The van der Waals surface area contributed by atoms with Gasteiger partial charge in [-0.2, -0.15) is 4.98 Å². The molecular weight excluding hydrogens is 442 g/mol. The molecule has 0 fully saturated rings. The van der Waals surface area contributed by atoms with E-state index in [4.69, 9.17) is 9.26 Å². The van der Waals surface area contributed by atoms with E-state index in [0.717, 1.165) is 16.7 Å². The molecular formula is C27H23N5O3. The Labute approximate surface area is 202 Å². The Balaban J connectivity index is 1.23. The average molecular weight is 466 g/mol. The molecule has 8 nitrogen and oxygen atoms in total. The fourth-order valence-electron chi connectivity index (χ4n) is 3.66. The first-order valence-electron chi connectivity index (χ1n) is 11.0. The smallest absolute Gasteiger partial charge is 0.278 e. The van der Waals surface area contributed by atoms with E-state index in [1.54, 1.807) is 37.7 Å². The summed E-state index contributed by atoms with van der Waals surface area (Å²) >= 11 is 0. The SMILES string of the molecule is COc1cccc(C(=O)Nc2ccc(Cn3cnc(-c4nc(-c5cccc(C)c5)no4)c3)cc2)c1. The second-order valence-electron chi connectivity index (χ2n) is 8.11. The van der Waals surface area contributed by atoms with Gasteiger partial charge < -0.3 is 19.1 Å². The number of nitrogens with zero attached hydrogens (tertiary/aromatic N) is 4. The van der Waals surface area contributed by atoms with Gasteiger partial charge in [-0.05, 0) is 48.9 Å². The van der Waals surface area contributed by atoms with Crippen LogP contribution in [0.15, 0.2) is 89.8 Å². The van der Waals surface area contributed by atoms with Crippen molar-refractivity contribution in [2.75, 3.05) is 12.4 Å². The number of aromatic nitrogens is 4. The third kappa shape index (κ3) is 5.11. The molecule has 5 aromatic rings. The van der Waals surface area contributed by atoms with Crippen molar-refractivity contribution in [3.05, 3.63) is 102 Å². The third-order valence-electron chi connectivity index (χ3n) is 5.46. The first kappa shape index (κ1) is 22.1. The molecule has 8 heteroatoms. The van der Waals surface area contributed by atoms with E-state index >= 15 is 0 Å². The van der Waals surface area contributed by atoms with Gasteiger partial charge in [0.1, 0.15) is 11.4 Å². The molecule has 0 unspecified atom stereocenters. The molecule has 0 atom stereocenters. The topological polar surface area (TPSA) is 95.1 Å². The molecule has 0 radical (unpaired) electrons. The van der Waals surface area contributed by atoms with Crippen LogP contribution in [-0.2, 0) is 6.54 Å². The number of ether oxygens (including phenoxy) is 1. The lowest BCUT2D eigenvalue weighted by Gasteiger charge is -2.08. The van der Waals surface area contributed by atoms with E-state index < -0.39 is 0 Å². The van der Waals surface area contributed by atoms with Crippen LogP contribution in [0, 0.1) is 6.92 Å². The Morgan fingerprint density at radius 2 is 1.89 bits per heavy atom. The number of anilines is 1. The predicted octanol–water partition coefficient (Wildman–Crippen LogP) is 5.22. The molecule has 174 valence electrons. The van der Waals surface area contributed by atoms with Crippen molar-refractivity contribution < 1.29 is 14.1 Å². The van der Waals surface area contributed by atoms with Crippen molar-refractivity contribution >= 4 is 11.6 Å². The molecule has 0 saturated heterocycles. The fraction of sp³-hybridized carbons (Fsp3) is 0.111. The number of amides is 1. The van der Waals surface area contributed by atoms with E-state index in [0.29, 0.717) is 41.0 Å². The number of imidazole rings is 1. The molecule has 0 spiro atoms. The Hall–Kier alpha value is -4.72. The number of aryl methyl sites for hydroxylation is 1. The van der Waals surface area contributed by atoms with Crippen LogP contribution in [0.4, 0.5) is 5.69 Å². The zero-order valence-corrected chi connectivity index (χ0v) is 19.3. The number of rotatable bonds is 7. The van der Waals surface area contributed by atoms with Crippen molar-refractivity contribution in [3.63, 3.8) is 0 Å². The molecule has 5 rings (SSSR count). The van der Waals surface area contributed by atoms with Gasteiger partial charge in [0.05, 0.1) is 13.4 Å². The van der Waals surface area contributed by atoms with Crippen LogP contribution >= 0.6 is 0 Å². The number of benzene rings is 3. The van der Waals surface area contributed by atoms with Crippen LogP contribution in [0.2, 0.25) is 0 Å². The number of carbonyl (C=O) groups is 1. The van der Waals surface area contributed by atoms with E-state index in [9.17, 15) is 4.79 Å². The third-order valence-corrected chi connectivity index (χ3v) is 5.46. The molecule has 0 aliphatic rings. The normalized spacial score (nSPS) is 10.8. The van der Waals surface area contributed by atoms with Crippen molar-refractivity contribution in [2.45, 2.75) is 13.5 Å². The van der Waals surface area contributed by atoms with Gasteiger partial charge in [-0.1, -0.05) is 47.1 Å². The molecule has 1 amide bonds. The molecule has 0 bridgehead atoms. The number of hydrogen-bond donors (Lipinski definition) is 1. The standard InChI is InChI=1S/C27H23N5O3/c1-18-5-3-6-20(13-18)25-30-27(35-31-25)24-16-32(17-28-24)15-19-9-11-22(12-10-19)29-26(33)21-7-4-8-23(14-21)34-2/h3-14,16-17H,15H2,1-2H3,(H,29,33). The summed E-state index contributed by atoms with van der Waals surface area (Å²) in [5, 5.41) is 6.99. The van der Waals surface area contributed by atoms with Crippen LogP contribution in [-0.4, -0.2) is 32.7 Å². The predicted molar refractivity (Wildman–Crippen MR) is 132 cm³/mol. The second kappa shape index (κ2) is 9.64. The van der Waals surface area contributed by atoms with Crippen LogP contribution in [0.5, 0.6) is 5.75 Å². The Morgan fingerprint density at radius 1 is 1.06 bits per heavy atom. The summed E-state index contributed by atoms with van der Waals surface area (Å²) in [6, 6.07) is 22.6. The van der Waals surface area contributed by atoms with Gasteiger partial charge >= 0.3 is 0 Å². The highest BCUT2D eigenvalue weighted by molar-refractivity contribution is 6.04. The molecule has 1 N–H and O–H groups in total. The zero-order valence-electron chi connectivity index (χ0n) is 19.3.